The highest BCUT2D eigenvalue weighted by Gasteiger charge is 2.16. The number of phenols is 1. The van der Waals surface area contributed by atoms with Gasteiger partial charge in [0.15, 0.2) is 0 Å². The van der Waals surface area contributed by atoms with Gasteiger partial charge in [0.2, 0.25) is 0 Å². The van der Waals surface area contributed by atoms with Crippen LogP contribution in [0.5, 0.6) is 5.75 Å². The van der Waals surface area contributed by atoms with E-state index < -0.39 is 22.3 Å². The molecule has 0 aliphatic heterocycles. The van der Waals surface area contributed by atoms with Crippen molar-refractivity contribution in [3.63, 3.8) is 0 Å². The molecule has 20 heavy (non-hydrogen) atoms. The van der Waals surface area contributed by atoms with Crippen LogP contribution < -0.4 is 5.32 Å². The summed E-state index contributed by atoms with van der Waals surface area (Å²) in [7, 11) is 0. The molecule has 0 atom stereocenters. The summed E-state index contributed by atoms with van der Waals surface area (Å²) < 4.78 is 13.6. The van der Waals surface area contributed by atoms with Gasteiger partial charge in [0, 0.05) is 17.8 Å². The van der Waals surface area contributed by atoms with Gasteiger partial charge in [-0.25, -0.2) is 4.39 Å². The van der Waals surface area contributed by atoms with E-state index in [1.807, 2.05) is 0 Å². The van der Waals surface area contributed by atoms with E-state index in [9.17, 15) is 24.4 Å². The summed E-state index contributed by atoms with van der Waals surface area (Å²) in [6.45, 7) is 0. The van der Waals surface area contributed by atoms with Crippen molar-refractivity contribution in [2.24, 2.45) is 0 Å². The monoisotopic (exact) mass is 276 g/mol. The Bertz CT molecular complexity index is 688. The minimum Gasteiger partial charge on any atom is -0.508 e. The maximum absolute atomic E-state index is 13.6. The number of aromatic hydroxyl groups is 1. The molecule has 2 aromatic rings. The van der Waals surface area contributed by atoms with Gasteiger partial charge < -0.3 is 10.4 Å². The van der Waals surface area contributed by atoms with E-state index in [1.165, 1.54) is 24.3 Å². The van der Waals surface area contributed by atoms with Crippen molar-refractivity contribution < 1.29 is 19.2 Å². The van der Waals surface area contributed by atoms with Crippen LogP contribution >= 0.6 is 0 Å². The lowest BCUT2D eigenvalue weighted by Gasteiger charge is -2.06. The summed E-state index contributed by atoms with van der Waals surface area (Å²) in [6.07, 6.45) is 0. The van der Waals surface area contributed by atoms with Gasteiger partial charge in [-0.1, -0.05) is 6.07 Å². The van der Waals surface area contributed by atoms with Crippen molar-refractivity contribution in [3.8, 4) is 5.75 Å². The van der Waals surface area contributed by atoms with Crippen molar-refractivity contribution in [1.29, 1.82) is 0 Å². The Morgan fingerprint density at radius 1 is 1.25 bits per heavy atom. The Hall–Kier alpha value is -2.96. The third kappa shape index (κ3) is 2.89. The van der Waals surface area contributed by atoms with Gasteiger partial charge >= 0.3 is 0 Å². The third-order valence-corrected chi connectivity index (χ3v) is 2.51. The van der Waals surface area contributed by atoms with Gasteiger partial charge in [-0.3, -0.25) is 14.9 Å². The van der Waals surface area contributed by atoms with Gasteiger partial charge in [-0.15, -0.1) is 0 Å². The van der Waals surface area contributed by atoms with Crippen LogP contribution in [0.3, 0.4) is 0 Å². The fourth-order valence-electron chi connectivity index (χ4n) is 1.58. The number of benzene rings is 2. The molecule has 0 bridgehead atoms. The average Bonchev–Trinajstić information content (AvgIpc) is 2.38. The van der Waals surface area contributed by atoms with Crippen molar-refractivity contribution in [1.82, 2.24) is 0 Å². The van der Waals surface area contributed by atoms with E-state index in [1.54, 1.807) is 0 Å². The van der Waals surface area contributed by atoms with E-state index in [4.69, 9.17) is 0 Å². The maximum Gasteiger partial charge on any atom is 0.272 e. The van der Waals surface area contributed by atoms with Gasteiger partial charge in [0.1, 0.15) is 11.6 Å². The summed E-state index contributed by atoms with van der Waals surface area (Å²) in [4.78, 5) is 21.5. The smallest absolute Gasteiger partial charge is 0.272 e. The molecule has 7 heteroatoms. The quantitative estimate of drug-likeness (QED) is 0.665. The number of amides is 1. The standard InChI is InChI=1S/C13H9FN2O4/c14-12-7-9(16(19)20)4-5-11(12)13(18)15-8-2-1-3-10(17)6-8/h1-7,17H,(H,15,18). The zero-order valence-electron chi connectivity index (χ0n) is 10.0. The molecule has 0 saturated heterocycles. The molecule has 0 heterocycles. The summed E-state index contributed by atoms with van der Waals surface area (Å²) in [5, 5.41) is 22.1. The van der Waals surface area contributed by atoms with Crippen LogP contribution in [-0.4, -0.2) is 15.9 Å². The van der Waals surface area contributed by atoms with Crippen LogP contribution in [-0.2, 0) is 0 Å². The molecule has 0 fully saturated rings. The van der Waals surface area contributed by atoms with Crippen molar-refractivity contribution >= 4 is 17.3 Å². The van der Waals surface area contributed by atoms with Crippen LogP contribution in [0.25, 0.3) is 0 Å². The van der Waals surface area contributed by atoms with E-state index >= 15 is 0 Å². The summed E-state index contributed by atoms with van der Waals surface area (Å²) in [5.41, 5.74) is -0.469. The SMILES string of the molecule is O=C(Nc1cccc(O)c1)c1ccc([N+](=O)[O-])cc1F. The van der Waals surface area contributed by atoms with Gasteiger partial charge in [0.25, 0.3) is 11.6 Å². The predicted molar refractivity (Wildman–Crippen MR) is 69.1 cm³/mol. The molecule has 0 saturated carbocycles. The Balaban J connectivity index is 2.23. The maximum atomic E-state index is 13.6. The van der Waals surface area contributed by atoms with Gasteiger partial charge in [0.05, 0.1) is 16.6 Å². The van der Waals surface area contributed by atoms with E-state index in [0.29, 0.717) is 6.07 Å². The molecule has 1 amide bonds. The molecule has 2 N–H and O–H groups in total. The molecule has 102 valence electrons. The third-order valence-electron chi connectivity index (χ3n) is 2.51. The highest BCUT2D eigenvalue weighted by molar-refractivity contribution is 6.04. The molecule has 2 rings (SSSR count). The molecule has 0 aliphatic rings. The Kier molecular flexibility index (Phi) is 3.60. The Morgan fingerprint density at radius 2 is 2.00 bits per heavy atom. The molecule has 0 aliphatic carbocycles. The first-order valence-electron chi connectivity index (χ1n) is 5.51. The molecule has 0 spiro atoms. The fourth-order valence-corrected chi connectivity index (χ4v) is 1.58. The molecular weight excluding hydrogens is 267 g/mol. The fraction of sp³-hybridized carbons (Fsp3) is 0. The number of nitro benzene ring substituents is 1. The lowest BCUT2D eigenvalue weighted by Crippen LogP contribution is -2.13. The Morgan fingerprint density at radius 3 is 2.60 bits per heavy atom. The van der Waals surface area contributed by atoms with E-state index in [0.717, 1.165) is 12.1 Å². The summed E-state index contributed by atoms with van der Waals surface area (Å²) in [6, 6.07) is 8.49. The molecular formula is C13H9FN2O4. The van der Waals surface area contributed by atoms with Crippen LogP contribution in [0.2, 0.25) is 0 Å². The number of carbonyl (C=O) groups is 1. The number of hydrogen-bond acceptors (Lipinski definition) is 4. The largest absolute Gasteiger partial charge is 0.508 e. The first-order chi connectivity index (χ1) is 9.47. The van der Waals surface area contributed by atoms with Gasteiger partial charge in [-0.05, 0) is 18.2 Å². The molecule has 6 nitrogen and oxygen atoms in total. The summed E-state index contributed by atoms with van der Waals surface area (Å²) >= 11 is 0. The average molecular weight is 276 g/mol. The van der Waals surface area contributed by atoms with Crippen molar-refractivity contribution in [2.75, 3.05) is 5.32 Å². The van der Waals surface area contributed by atoms with E-state index in [2.05, 4.69) is 5.32 Å². The zero-order chi connectivity index (χ0) is 14.7. The van der Waals surface area contributed by atoms with Crippen LogP contribution in [0.1, 0.15) is 10.4 Å². The number of halogens is 1. The second-order valence-corrected chi connectivity index (χ2v) is 3.93. The van der Waals surface area contributed by atoms with Crippen molar-refractivity contribution in [2.45, 2.75) is 0 Å². The first-order valence-corrected chi connectivity index (χ1v) is 5.51. The number of carbonyl (C=O) groups excluding carboxylic acids is 1. The lowest BCUT2D eigenvalue weighted by molar-refractivity contribution is -0.385. The normalized spacial score (nSPS) is 10.1. The topological polar surface area (TPSA) is 92.5 Å². The molecule has 2 aromatic carbocycles. The molecule has 0 unspecified atom stereocenters. The number of nitrogens with zero attached hydrogens (tertiary/aromatic N) is 1. The summed E-state index contributed by atoms with van der Waals surface area (Å²) in [5.74, 6) is -1.80. The predicted octanol–water partition coefficient (Wildman–Crippen LogP) is 2.69. The number of nitrogens with one attached hydrogen (secondary N) is 1. The molecule has 0 aromatic heterocycles. The Labute approximate surface area is 112 Å². The second-order valence-electron chi connectivity index (χ2n) is 3.93. The highest BCUT2D eigenvalue weighted by atomic mass is 19.1. The van der Waals surface area contributed by atoms with E-state index in [-0.39, 0.29) is 17.0 Å². The first kappa shape index (κ1) is 13.5. The zero-order valence-corrected chi connectivity index (χ0v) is 10.0. The van der Waals surface area contributed by atoms with Gasteiger partial charge in [-0.2, -0.15) is 0 Å². The number of non-ortho nitro benzene ring substituents is 1. The van der Waals surface area contributed by atoms with Crippen LogP contribution in [0.4, 0.5) is 15.8 Å². The minimum atomic E-state index is -0.989. The number of phenolic OH excluding ortho intramolecular Hbond substituents is 1. The number of rotatable bonds is 3. The minimum absolute atomic E-state index is 0.0491. The number of anilines is 1. The second kappa shape index (κ2) is 5.35. The highest BCUT2D eigenvalue weighted by Crippen LogP contribution is 2.19. The van der Waals surface area contributed by atoms with Crippen molar-refractivity contribution in [3.05, 3.63) is 64.0 Å². The van der Waals surface area contributed by atoms with Crippen LogP contribution in [0, 0.1) is 15.9 Å². The lowest BCUT2D eigenvalue weighted by atomic mass is 10.1. The number of nitro groups is 1. The number of hydrogen-bond donors (Lipinski definition) is 2. The van der Waals surface area contributed by atoms with Crippen LogP contribution in [0.15, 0.2) is 42.5 Å². The molecule has 0 radical (unpaired) electrons.